The number of carbonyl (C=O) groups is 1. The maximum Gasteiger partial charge on any atom is 0.573 e. The van der Waals surface area contributed by atoms with Crippen molar-refractivity contribution in [2.24, 2.45) is 0 Å². The summed E-state index contributed by atoms with van der Waals surface area (Å²) in [6.45, 7) is -0.0857. The van der Waals surface area contributed by atoms with Gasteiger partial charge in [0.2, 0.25) is 5.91 Å². The number of aromatic nitrogens is 1. The number of carbonyl (C=O) groups excluding carboxylic acids is 1. The van der Waals surface area contributed by atoms with Gasteiger partial charge in [0.25, 0.3) is 0 Å². The van der Waals surface area contributed by atoms with E-state index in [0.717, 1.165) is 0 Å². The van der Waals surface area contributed by atoms with Crippen LogP contribution in [0.5, 0.6) is 5.75 Å². The third kappa shape index (κ3) is 5.82. The van der Waals surface area contributed by atoms with E-state index in [2.05, 4.69) is 15.0 Å². The van der Waals surface area contributed by atoms with Gasteiger partial charge in [-0.1, -0.05) is 24.3 Å². The summed E-state index contributed by atoms with van der Waals surface area (Å²) < 4.78 is 40.8. The van der Waals surface area contributed by atoms with Crippen molar-refractivity contribution in [1.29, 1.82) is 0 Å². The second-order valence-electron chi connectivity index (χ2n) is 4.46. The molecule has 1 aromatic carbocycles. The lowest BCUT2D eigenvalue weighted by Gasteiger charge is -2.13. The number of hydrogen-bond donors (Lipinski definition) is 1. The minimum absolute atomic E-state index is 0.0857. The molecule has 0 aliphatic heterocycles. The van der Waals surface area contributed by atoms with E-state index in [1.165, 1.54) is 30.4 Å². The van der Waals surface area contributed by atoms with Gasteiger partial charge >= 0.3 is 6.36 Å². The van der Waals surface area contributed by atoms with Crippen molar-refractivity contribution in [1.82, 2.24) is 10.3 Å². The molecule has 2 aromatic rings. The molecule has 4 nitrogen and oxygen atoms in total. The third-order valence-corrected chi connectivity index (χ3v) is 2.74. The molecule has 0 aliphatic rings. The Labute approximate surface area is 130 Å². The molecule has 0 saturated heterocycles. The highest BCUT2D eigenvalue weighted by Crippen LogP contribution is 2.25. The first-order valence-electron chi connectivity index (χ1n) is 6.64. The van der Waals surface area contributed by atoms with Gasteiger partial charge in [0.15, 0.2) is 0 Å². The Morgan fingerprint density at radius 1 is 1.17 bits per heavy atom. The van der Waals surface area contributed by atoms with Crippen molar-refractivity contribution in [3.63, 3.8) is 0 Å². The molecule has 1 amide bonds. The van der Waals surface area contributed by atoms with Crippen molar-refractivity contribution in [2.75, 3.05) is 0 Å². The number of para-hydroxylation sites is 1. The van der Waals surface area contributed by atoms with Crippen molar-refractivity contribution < 1.29 is 22.7 Å². The zero-order valence-corrected chi connectivity index (χ0v) is 11.9. The van der Waals surface area contributed by atoms with Crippen LogP contribution in [0.25, 0.3) is 6.08 Å². The Morgan fingerprint density at radius 3 is 2.61 bits per heavy atom. The molecule has 0 radical (unpaired) electrons. The maximum atomic E-state index is 12.3. The molecule has 0 atom stereocenters. The first-order chi connectivity index (χ1) is 10.9. The minimum Gasteiger partial charge on any atom is -0.405 e. The molecule has 0 aliphatic carbocycles. The Morgan fingerprint density at radius 2 is 1.91 bits per heavy atom. The molecule has 0 spiro atoms. The SMILES string of the molecule is O=C(/C=C/c1ccccn1)NCc1ccccc1OC(F)(F)F. The molecule has 0 saturated carbocycles. The van der Waals surface area contributed by atoms with Crippen LogP contribution in [0.15, 0.2) is 54.7 Å². The summed E-state index contributed by atoms with van der Waals surface area (Å²) in [4.78, 5) is 15.7. The number of amides is 1. The fraction of sp³-hybridized carbons (Fsp3) is 0.125. The Balaban J connectivity index is 1.95. The van der Waals surface area contributed by atoms with E-state index in [1.54, 1.807) is 30.5 Å². The first kappa shape index (κ1) is 16.5. The zero-order chi connectivity index (χ0) is 16.7. The monoisotopic (exact) mass is 322 g/mol. The minimum atomic E-state index is -4.78. The topological polar surface area (TPSA) is 51.2 Å². The van der Waals surface area contributed by atoms with Crippen LogP contribution in [0.3, 0.4) is 0 Å². The molecule has 23 heavy (non-hydrogen) atoms. The number of pyridine rings is 1. The van der Waals surface area contributed by atoms with Gasteiger partial charge in [-0.2, -0.15) is 0 Å². The van der Waals surface area contributed by atoms with Gasteiger partial charge < -0.3 is 10.1 Å². The van der Waals surface area contributed by atoms with Gasteiger partial charge in [0, 0.05) is 24.4 Å². The molecule has 0 bridgehead atoms. The van der Waals surface area contributed by atoms with E-state index >= 15 is 0 Å². The number of hydrogen-bond acceptors (Lipinski definition) is 3. The van der Waals surface area contributed by atoms with E-state index in [0.29, 0.717) is 5.69 Å². The normalized spacial score (nSPS) is 11.4. The average molecular weight is 322 g/mol. The number of benzene rings is 1. The number of ether oxygens (including phenoxy) is 1. The number of alkyl halides is 3. The lowest BCUT2D eigenvalue weighted by atomic mass is 10.2. The summed E-state index contributed by atoms with van der Waals surface area (Å²) >= 11 is 0. The van der Waals surface area contributed by atoms with Crippen LogP contribution in [0, 0.1) is 0 Å². The number of nitrogens with one attached hydrogen (secondary N) is 1. The number of rotatable bonds is 5. The van der Waals surface area contributed by atoms with Gasteiger partial charge in [-0.25, -0.2) is 0 Å². The summed E-state index contributed by atoms with van der Waals surface area (Å²) in [5.41, 5.74) is 0.827. The quantitative estimate of drug-likeness (QED) is 0.859. The molecular weight excluding hydrogens is 309 g/mol. The van der Waals surface area contributed by atoms with E-state index in [9.17, 15) is 18.0 Å². The molecular formula is C16H13F3N2O2. The van der Waals surface area contributed by atoms with E-state index in [1.807, 2.05) is 0 Å². The van der Waals surface area contributed by atoms with Crippen LogP contribution >= 0.6 is 0 Å². The molecule has 1 N–H and O–H groups in total. The molecule has 7 heteroatoms. The zero-order valence-electron chi connectivity index (χ0n) is 11.9. The maximum absolute atomic E-state index is 12.3. The van der Waals surface area contributed by atoms with Crippen LogP contribution < -0.4 is 10.1 Å². The standard InChI is InChI=1S/C16H13F3N2O2/c17-16(18,19)23-14-7-2-1-5-12(14)11-21-15(22)9-8-13-6-3-4-10-20-13/h1-10H,11H2,(H,21,22)/b9-8+. The van der Waals surface area contributed by atoms with Crippen LogP contribution in [-0.2, 0) is 11.3 Å². The van der Waals surface area contributed by atoms with Gasteiger partial charge in [-0.05, 0) is 24.3 Å². The molecule has 0 fully saturated rings. The summed E-state index contributed by atoms with van der Waals surface area (Å²) in [6.07, 6.45) is -0.426. The average Bonchev–Trinajstić information content (AvgIpc) is 2.51. The van der Waals surface area contributed by atoms with Crippen molar-refractivity contribution in [3.8, 4) is 5.75 Å². The smallest absolute Gasteiger partial charge is 0.405 e. The van der Waals surface area contributed by atoms with Crippen molar-refractivity contribution in [2.45, 2.75) is 12.9 Å². The number of nitrogens with zero attached hydrogens (tertiary/aromatic N) is 1. The predicted molar refractivity (Wildman–Crippen MR) is 78.2 cm³/mol. The lowest BCUT2D eigenvalue weighted by Crippen LogP contribution is -2.22. The molecule has 0 unspecified atom stereocenters. The van der Waals surface area contributed by atoms with Crippen molar-refractivity contribution >= 4 is 12.0 Å². The summed E-state index contributed by atoms with van der Waals surface area (Å²) in [7, 11) is 0. The predicted octanol–water partition coefficient (Wildman–Crippen LogP) is 3.31. The second kappa shape index (κ2) is 7.44. The van der Waals surface area contributed by atoms with E-state index in [-0.39, 0.29) is 17.9 Å². The van der Waals surface area contributed by atoms with Gasteiger partial charge in [-0.3, -0.25) is 9.78 Å². The van der Waals surface area contributed by atoms with Crippen LogP contribution in [0.4, 0.5) is 13.2 Å². The number of halogens is 3. The van der Waals surface area contributed by atoms with Crippen LogP contribution in [0.1, 0.15) is 11.3 Å². The van der Waals surface area contributed by atoms with E-state index < -0.39 is 12.3 Å². The second-order valence-corrected chi connectivity index (χ2v) is 4.46. The summed E-state index contributed by atoms with van der Waals surface area (Å²) in [5.74, 6) is -0.786. The van der Waals surface area contributed by atoms with Gasteiger partial charge in [0.05, 0.1) is 5.69 Å². The van der Waals surface area contributed by atoms with E-state index in [4.69, 9.17) is 0 Å². The highest BCUT2D eigenvalue weighted by molar-refractivity contribution is 5.91. The summed E-state index contributed by atoms with van der Waals surface area (Å²) in [6, 6.07) is 10.9. The van der Waals surface area contributed by atoms with Gasteiger partial charge in [0.1, 0.15) is 5.75 Å². The first-order valence-corrected chi connectivity index (χ1v) is 6.64. The lowest BCUT2D eigenvalue weighted by molar-refractivity contribution is -0.274. The van der Waals surface area contributed by atoms with Crippen LogP contribution in [-0.4, -0.2) is 17.3 Å². The Kier molecular flexibility index (Phi) is 5.35. The third-order valence-electron chi connectivity index (χ3n) is 2.74. The Hall–Kier alpha value is -2.83. The van der Waals surface area contributed by atoms with Gasteiger partial charge in [-0.15, -0.1) is 13.2 Å². The van der Waals surface area contributed by atoms with Crippen LogP contribution in [0.2, 0.25) is 0 Å². The molecule has 1 aromatic heterocycles. The molecule has 2 rings (SSSR count). The highest BCUT2D eigenvalue weighted by atomic mass is 19.4. The van der Waals surface area contributed by atoms with Crippen molar-refractivity contribution in [3.05, 3.63) is 66.0 Å². The Bertz CT molecular complexity index is 685. The molecule has 120 valence electrons. The summed E-state index contributed by atoms with van der Waals surface area (Å²) in [5, 5.41) is 2.49. The highest BCUT2D eigenvalue weighted by Gasteiger charge is 2.31. The largest absolute Gasteiger partial charge is 0.573 e. The molecule has 1 heterocycles. The fourth-order valence-corrected chi connectivity index (χ4v) is 1.75. The fourth-order valence-electron chi connectivity index (χ4n) is 1.75.